The Kier molecular flexibility index (Phi) is 5.34. The Bertz CT molecular complexity index is 510. The number of rotatable bonds is 4. The van der Waals surface area contributed by atoms with Gasteiger partial charge in [-0.2, -0.15) is 0 Å². The summed E-state index contributed by atoms with van der Waals surface area (Å²) in [4.78, 5) is 14.2. The standard InChI is InChI=1S/C17H25FN2O/c1-12(17(21)20-8-6-19-7-9-20)4-5-15-10-13(2)14(3)11-16(15)18/h10-12,19H,4-9H2,1-3H3. The molecule has 0 saturated carbocycles. The van der Waals surface area contributed by atoms with Gasteiger partial charge in [-0.05, 0) is 49.4 Å². The molecule has 1 fully saturated rings. The zero-order valence-corrected chi connectivity index (χ0v) is 13.2. The highest BCUT2D eigenvalue weighted by Crippen LogP contribution is 2.19. The maximum atomic E-state index is 13.9. The number of piperazine rings is 1. The summed E-state index contributed by atoms with van der Waals surface area (Å²) < 4.78 is 13.9. The van der Waals surface area contributed by atoms with Gasteiger partial charge in [-0.3, -0.25) is 4.79 Å². The number of benzene rings is 1. The van der Waals surface area contributed by atoms with Crippen molar-refractivity contribution in [3.8, 4) is 0 Å². The number of carbonyl (C=O) groups excluding carboxylic acids is 1. The molecule has 1 aliphatic heterocycles. The van der Waals surface area contributed by atoms with E-state index in [1.807, 2.05) is 31.7 Å². The van der Waals surface area contributed by atoms with Gasteiger partial charge < -0.3 is 10.2 Å². The molecule has 0 aliphatic carbocycles. The van der Waals surface area contributed by atoms with Gasteiger partial charge in [0.2, 0.25) is 5.91 Å². The van der Waals surface area contributed by atoms with Crippen LogP contribution in [0.3, 0.4) is 0 Å². The Morgan fingerprint density at radius 1 is 1.29 bits per heavy atom. The third kappa shape index (κ3) is 4.03. The van der Waals surface area contributed by atoms with E-state index in [1.165, 1.54) is 0 Å². The third-order valence-electron chi connectivity index (χ3n) is 4.36. The van der Waals surface area contributed by atoms with E-state index in [1.54, 1.807) is 6.07 Å². The molecule has 0 spiro atoms. The van der Waals surface area contributed by atoms with Crippen LogP contribution in [0.15, 0.2) is 12.1 Å². The lowest BCUT2D eigenvalue weighted by atomic mass is 9.97. The second-order valence-corrected chi connectivity index (χ2v) is 6.04. The molecule has 1 atom stereocenters. The quantitative estimate of drug-likeness (QED) is 0.924. The Balaban J connectivity index is 1.92. The Morgan fingerprint density at radius 3 is 2.57 bits per heavy atom. The van der Waals surface area contributed by atoms with Crippen molar-refractivity contribution < 1.29 is 9.18 Å². The molecular formula is C17H25FN2O. The van der Waals surface area contributed by atoms with Gasteiger partial charge in [0.25, 0.3) is 0 Å². The van der Waals surface area contributed by atoms with Crippen LogP contribution in [0.2, 0.25) is 0 Å². The smallest absolute Gasteiger partial charge is 0.225 e. The molecule has 1 N–H and O–H groups in total. The van der Waals surface area contributed by atoms with Crippen molar-refractivity contribution in [2.24, 2.45) is 5.92 Å². The first-order chi connectivity index (χ1) is 9.99. The molecule has 3 nitrogen and oxygen atoms in total. The van der Waals surface area contributed by atoms with Crippen molar-refractivity contribution in [2.45, 2.75) is 33.6 Å². The predicted molar refractivity (Wildman–Crippen MR) is 82.8 cm³/mol. The molecule has 0 aromatic heterocycles. The average Bonchev–Trinajstić information content (AvgIpc) is 2.49. The molecule has 1 aliphatic rings. The van der Waals surface area contributed by atoms with Gasteiger partial charge in [0.05, 0.1) is 0 Å². The van der Waals surface area contributed by atoms with E-state index in [9.17, 15) is 9.18 Å². The maximum Gasteiger partial charge on any atom is 0.225 e. The highest BCUT2D eigenvalue weighted by molar-refractivity contribution is 5.78. The minimum Gasteiger partial charge on any atom is -0.340 e. The van der Waals surface area contributed by atoms with E-state index in [0.717, 1.165) is 42.9 Å². The first-order valence-electron chi connectivity index (χ1n) is 7.74. The van der Waals surface area contributed by atoms with E-state index in [2.05, 4.69) is 5.32 Å². The monoisotopic (exact) mass is 292 g/mol. The molecule has 0 radical (unpaired) electrons. The molecule has 2 rings (SSSR count). The lowest BCUT2D eigenvalue weighted by molar-refractivity contribution is -0.135. The molecule has 116 valence electrons. The van der Waals surface area contributed by atoms with Gasteiger partial charge in [-0.1, -0.05) is 13.0 Å². The second-order valence-electron chi connectivity index (χ2n) is 6.04. The summed E-state index contributed by atoms with van der Waals surface area (Å²) in [5, 5.41) is 3.24. The minimum atomic E-state index is -0.153. The number of aryl methyl sites for hydroxylation is 3. The minimum absolute atomic E-state index is 0.0518. The van der Waals surface area contributed by atoms with Crippen molar-refractivity contribution >= 4 is 5.91 Å². The molecule has 21 heavy (non-hydrogen) atoms. The molecule has 1 amide bonds. The average molecular weight is 292 g/mol. The van der Waals surface area contributed by atoms with E-state index in [0.29, 0.717) is 12.8 Å². The number of hydrogen-bond acceptors (Lipinski definition) is 2. The van der Waals surface area contributed by atoms with Crippen LogP contribution in [0.4, 0.5) is 4.39 Å². The number of nitrogens with one attached hydrogen (secondary N) is 1. The largest absolute Gasteiger partial charge is 0.340 e. The van der Waals surface area contributed by atoms with Crippen molar-refractivity contribution in [3.63, 3.8) is 0 Å². The number of hydrogen-bond donors (Lipinski definition) is 1. The Labute approximate surface area is 126 Å². The number of halogens is 1. The van der Waals surface area contributed by atoms with Crippen LogP contribution in [0.5, 0.6) is 0 Å². The number of amides is 1. The van der Waals surface area contributed by atoms with Crippen LogP contribution in [0, 0.1) is 25.6 Å². The zero-order valence-electron chi connectivity index (χ0n) is 13.2. The highest BCUT2D eigenvalue weighted by Gasteiger charge is 2.22. The van der Waals surface area contributed by atoms with E-state index in [-0.39, 0.29) is 17.6 Å². The van der Waals surface area contributed by atoms with Crippen LogP contribution < -0.4 is 5.32 Å². The topological polar surface area (TPSA) is 32.3 Å². The summed E-state index contributed by atoms with van der Waals surface area (Å²) in [6.45, 7) is 9.15. The lowest BCUT2D eigenvalue weighted by Gasteiger charge is -2.29. The summed E-state index contributed by atoms with van der Waals surface area (Å²) in [7, 11) is 0. The summed E-state index contributed by atoms with van der Waals surface area (Å²) in [5.41, 5.74) is 2.80. The van der Waals surface area contributed by atoms with Crippen molar-refractivity contribution in [2.75, 3.05) is 26.2 Å². The molecule has 1 aromatic rings. The van der Waals surface area contributed by atoms with Crippen molar-refractivity contribution in [3.05, 3.63) is 34.6 Å². The van der Waals surface area contributed by atoms with Gasteiger partial charge >= 0.3 is 0 Å². The van der Waals surface area contributed by atoms with Gasteiger partial charge in [0.1, 0.15) is 5.82 Å². The van der Waals surface area contributed by atoms with Gasteiger partial charge in [-0.25, -0.2) is 4.39 Å². The van der Waals surface area contributed by atoms with E-state index in [4.69, 9.17) is 0 Å². The fraction of sp³-hybridized carbons (Fsp3) is 0.588. The number of carbonyl (C=O) groups is 1. The van der Waals surface area contributed by atoms with Crippen LogP contribution in [-0.4, -0.2) is 37.0 Å². The molecule has 1 unspecified atom stereocenters. The lowest BCUT2D eigenvalue weighted by Crippen LogP contribution is -2.48. The number of nitrogens with zero attached hydrogens (tertiary/aromatic N) is 1. The zero-order chi connectivity index (χ0) is 15.4. The molecule has 1 heterocycles. The van der Waals surface area contributed by atoms with Crippen molar-refractivity contribution in [1.82, 2.24) is 10.2 Å². The fourth-order valence-electron chi connectivity index (χ4n) is 2.72. The molecule has 0 bridgehead atoms. The highest BCUT2D eigenvalue weighted by atomic mass is 19.1. The van der Waals surface area contributed by atoms with Crippen LogP contribution in [0.1, 0.15) is 30.0 Å². The van der Waals surface area contributed by atoms with E-state index >= 15 is 0 Å². The summed E-state index contributed by atoms with van der Waals surface area (Å²) in [6.07, 6.45) is 1.31. The van der Waals surface area contributed by atoms with Gasteiger partial charge in [-0.15, -0.1) is 0 Å². The summed E-state index contributed by atoms with van der Waals surface area (Å²) >= 11 is 0. The van der Waals surface area contributed by atoms with Crippen LogP contribution in [0.25, 0.3) is 0 Å². The normalized spacial score (nSPS) is 16.9. The predicted octanol–water partition coefficient (Wildman–Crippen LogP) is 2.44. The molecule has 4 heteroatoms. The van der Waals surface area contributed by atoms with Gasteiger partial charge in [0, 0.05) is 32.1 Å². The Morgan fingerprint density at radius 2 is 1.90 bits per heavy atom. The Hall–Kier alpha value is -1.42. The van der Waals surface area contributed by atoms with Gasteiger partial charge in [0.15, 0.2) is 0 Å². The molecule has 1 saturated heterocycles. The SMILES string of the molecule is Cc1cc(F)c(CCC(C)C(=O)N2CCNCC2)cc1C. The second kappa shape index (κ2) is 7.03. The fourth-order valence-corrected chi connectivity index (χ4v) is 2.72. The first kappa shape index (κ1) is 16.0. The molecule has 1 aromatic carbocycles. The van der Waals surface area contributed by atoms with E-state index < -0.39 is 0 Å². The first-order valence-corrected chi connectivity index (χ1v) is 7.74. The van der Waals surface area contributed by atoms with Crippen LogP contribution in [-0.2, 0) is 11.2 Å². The third-order valence-corrected chi connectivity index (χ3v) is 4.36. The van der Waals surface area contributed by atoms with Crippen molar-refractivity contribution in [1.29, 1.82) is 0 Å². The summed E-state index contributed by atoms with van der Waals surface area (Å²) in [5.74, 6) is -0.00947. The van der Waals surface area contributed by atoms with Crippen LogP contribution >= 0.6 is 0 Å². The summed E-state index contributed by atoms with van der Waals surface area (Å²) in [6, 6.07) is 3.50. The molecular weight excluding hydrogens is 267 g/mol. The maximum absolute atomic E-state index is 13.9.